The van der Waals surface area contributed by atoms with E-state index in [1.165, 1.54) is 12.3 Å². The van der Waals surface area contributed by atoms with Crippen LogP contribution in [0.2, 0.25) is 25.7 Å². The Balaban J connectivity index is 1.34. The molecule has 1 fully saturated rings. The molecular weight excluding hydrogens is 567 g/mol. The molecule has 2 aliphatic heterocycles. The van der Waals surface area contributed by atoms with Gasteiger partial charge in [-0.15, -0.1) is 0 Å². The summed E-state index contributed by atoms with van der Waals surface area (Å²) in [5.74, 6) is 0.306. The van der Waals surface area contributed by atoms with Crippen molar-refractivity contribution in [2.75, 3.05) is 63.2 Å². The molecule has 1 saturated heterocycles. The number of alkyl halides is 3. The molecule has 0 radical (unpaired) electrons. The number of fused-ring (bicyclic) bond motifs is 2. The fourth-order valence-electron chi connectivity index (χ4n) is 5.31. The summed E-state index contributed by atoms with van der Waals surface area (Å²) < 4.78 is 61.5. The van der Waals surface area contributed by atoms with Gasteiger partial charge in [0.15, 0.2) is 0 Å². The summed E-state index contributed by atoms with van der Waals surface area (Å²) >= 11 is 0. The van der Waals surface area contributed by atoms with Gasteiger partial charge in [0.1, 0.15) is 12.5 Å². The largest absolute Gasteiger partial charge is 0.463 e. The molecule has 10 nitrogen and oxygen atoms in total. The van der Waals surface area contributed by atoms with Crippen molar-refractivity contribution in [1.82, 2.24) is 24.6 Å². The Kier molecular flexibility index (Phi) is 9.25. The number of anilines is 2. The van der Waals surface area contributed by atoms with Gasteiger partial charge in [0, 0.05) is 51.8 Å². The van der Waals surface area contributed by atoms with E-state index in [0.717, 1.165) is 56.9 Å². The molecule has 0 amide bonds. The molecule has 14 heteroatoms. The van der Waals surface area contributed by atoms with Gasteiger partial charge in [-0.1, -0.05) is 19.6 Å². The number of halogens is 3. The molecule has 3 aromatic rings. The van der Waals surface area contributed by atoms with E-state index in [0.29, 0.717) is 48.6 Å². The summed E-state index contributed by atoms with van der Waals surface area (Å²) in [6.45, 7) is 12.6. The fraction of sp³-hybridized carbons (Fsp3) is 0.607. The predicted octanol–water partition coefficient (Wildman–Crippen LogP) is 4.40. The van der Waals surface area contributed by atoms with Gasteiger partial charge in [0.05, 0.1) is 55.0 Å². The van der Waals surface area contributed by atoms with Crippen LogP contribution < -0.4 is 15.4 Å². The third-order valence-electron chi connectivity index (χ3n) is 7.66. The molecule has 1 aromatic carbocycles. The Hall–Kier alpha value is -2.94. The number of hydrogen-bond acceptors (Lipinski definition) is 9. The highest BCUT2D eigenvalue weighted by Gasteiger charge is 2.37. The number of ether oxygens (including phenoxy) is 3. The van der Waals surface area contributed by atoms with Gasteiger partial charge in [-0.05, 0) is 31.0 Å². The van der Waals surface area contributed by atoms with Crippen molar-refractivity contribution in [3.8, 4) is 6.01 Å². The molecule has 2 N–H and O–H groups in total. The van der Waals surface area contributed by atoms with Crippen molar-refractivity contribution in [2.45, 2.75) is 58.0 Å². The molecule has 2 aromatic heterocycles. The molecule has 0 atom stereocenters. The maximum Gasteiger partial charge on any atom is 0.418 e. The topological polar surface area (TPSA) is 104 Å². The van der Waals surface area contributed by atoms with E-state index >= 15 is 0 Å². The SMILES string of the molecule is C[Si](C)(C)CCOCn1ncc2c(N3CCc4c(N)nc(OCCCN5CCOCC5)nc4C3)c(C(F)(F)F)ccc21. The quantitative estimate of drug-likeness (QED) is 0.251. The van der Waals surface area contributed by atoms with Crippen LogP contribution >= 0.6 is 0 Å². The molecule has 0 saturated carbocycles. The normalized spacial score (nSPS) is 16.7. The van der Waals surface area contributed by atoms with Crippen LogP contribution in [-0.4, -0.2) is 85.3 Å². The van der Waals surface area contributed by atoms with E-state index in [9.17, 15) is 13.2 Å². The van der Waals surface area contributed by atoms with Crippen LogP contribution in [0.1, 0.15) is 23.2 Å². The number of benzene rings is 1. The van der Waals surface area contributed by atoms with Gasteiger partial charge in [-0.25, -0.2) is 4.68 Å². The van der Waals surface area contributed by atoms with Gasteiger partial charge in [0.25, 0.3) is 0 Å². The lowest BCUT2D eigenvalue weighted by Crippen LogP contribution is -2.37. The van der Waals surface area contributed by atoms with E-state index in [-0.39, 0.29) is 25.0 Å². The molecule has 5 rings (SSSR count). The Morgan fingerprint density at radius 1 is 1.07 bits per heavy atom. The van der Waals surface area contributed by atoms with E-state index in [4.69, 9.17) is 19.9 Å². The number of rotatable bonds is 11. The second kappa shape index (κ2) is 12.7. The smallest absolute Gasteiger partial charge is 0.418 e. The van der Waals surface area contributed by atoms with Gasteiger partial charge >= 0.3 is 12.2 Å². The highest BCUT2D eigenvalue weighted by molar-refractivity contribution is 6.76. The minimum absolute atomic E-state index is 0.0872. The Bertz CT molecular complexity index is 1370. The van der Waals surface area contributed by atoms with Crippen molar-refractivity contribution in [1.29, 1.82) is 0 Å². The standard InChI is InChI=1S/C28H40F3N7O3Si/c1-42(2,3)16-15-40-19-38-24-6-5-22(28(29,30)31)25(21(24)17-33-38)37-9-7-20-23(18-37)34-27(35-26(20)32)41-12-4-8-36-10-13-39-14-11-36/h5-6,17H,4,7-16,18-19H2,1-3H3,(H2,32,34,35). The minimum Gasteiger partial charge on any atom is -0.463 e. The second-order valence-electron chi connectivity index (χ2n) is 12.0. The zero-order chi connectivity index (χ0) is 29.9. The molecule has 2 aliphatic rings. The van der Waals surface area contributed by atoms with Gasteiger partial charge in [0.2, 0.25) is 0 Å². The molecule has 0 bridgehead atoms. The summed E-state index contributed by atoms with van der Waals surface area (Å²) in [6, 6.07) is 3.74. The summed E-state index contributed by atoms with van der Waals surface area (Å²) in [6.07, 6.45) is -1.84. The van der Waals surface area contributed by atoms with Crippen LogP contribution in [0.3, 0.4) is 0 Å². The highest BCUT2D eigenvalue weighted by Crippen LogP contribution is 2.42. The summed E-state index contributed by atoms with van der Waals surface area (Å²) in [5, 5.41) is 4.81. The summed E-state index contributed by atoms with van der Waals surface area (Å²) in [4.78, 5) is 12.9. The molecular formula is C28H40F3N7O3Si. The Morgan fingerprint density at radius 2 is 1.86 bits per heavy atom. The van der Waals surface area contributed by atoms with Crippen LogP contribution in [0.5, 0.6) is 6.01 Å². The lowest BCUT2D eigenvalue weighted by atomic mass is 10.0. The van der Waals surface area contributed by atoms with Gasteiger partial charge < -0.3 is 24.8 Å². The number of morpholine rings is 1. The lowest BCUT2D eigenvalue weighted by Gasteiger charge is -2.32. The first-order valence-corrected chi connectivity index (χ1v) is 18.2. The molecule has 0 unspecified atom stereocenters. The van der Waals surface area contributed by atoms with E-state index in [1.807, 2.05) is 0 Å². The summed E-state index contributed by atoms with van der Waals surface area (Å²) in [7, 11) is -1.27. The van der Waals surface area contributed by atoms with E-state index < -0.39 is 19.8 Å². The zero-order valence-electron chi connectivity index (χ0n) is 24.5. The van der Waals surface area contributed by atoms with Crippen LogP contribution in [-0.2, 0) is 35.3 Å². The monoisotopic (exact) mass is 607 g/mol. The third kappa shape index (κ3) is 7.33. The van der Waals surface area contributed by atoms with Crippen LogP contribution in [0.25, 0.3) is 10.9 Å². The lowest BCUT2D eigenvalue weighted by molar-refractivity contribution is -0.137. The Morgan fingerprint density at radius 3 is 2.60 bits per heavy atom. The second-order valence-corrected chi connectivity index (χ2v) is 17.6. The van der Waals surface area contributed by atoms with Crippen molar-refractivity contribution < 1.29 is 27.4 Å². The van der Waals surface area contributed by atoms with Crippen molar-refractivity contribution in [3.63, 3.8) is 0 Å². The van der Waals surface area contributed by atoms with Crippen LogP contribution in [0, 0.1) is 0 Å². The molecule has 230 valence electrons. The first kappa shape index (κ1) is 30.5. The molecule has 0 spiro atoms. The minimum atomic E-state index is -4.54. The van der Waals surface area contributed by atoms with Crippen molar-refractivity contribution in [3.05, 3.63) is 35.2 Å². The average Bonchev–Trinajstić information content (AvgIpc) is 3.35. The van der Waals surface area contributed by atoms with Gasteiger partial charge in [-0.3, -0.25) is 4.90 Å². The maximum atomic E-state index is 14.3. The Labute approximate surface area is 244 Å². The fourth-order valence-corrected chi connectivity index (χ4v) is 6.07. The van der Waals surface area contributed by atoms with Crippen LogP contribution in [0.15, 0.2) is 18.3 Å². The number of hydrogen-bond donors (Lipinski definition) is 1. The van der Waals surface area contributed by atoms with Crippen molar-refractivity contribution in [2.24, 2.45) is 0 Å². The molecule has 4 heterocycles. The number of nitrogens with zero attached hydrogens (tertiary/aromatic N) is 6. The van der Waals surface area contributed by atoms with Crippen molar-refractivity contribution >= 4 is 30.5 Å². The summed E-state index contributed by atoms with van der Waals surface area (Å²) in [5.41, 5.74) is 7.54. The highest BCUT2D eigenvalue weighted by atomic mass is 28.3. The number of nitrogens with two attached hydrogens (primary N) is 1. The van der Waals surface area contributed by atoms with E-state index in [2.05, 4.69) is 39.6 Å². The molecule has 42 heavy (non-hydrogen) atoms. The van der Waals surface area contributed by atoms with Crippen LogP contribution in [0.4, 0.5) is 24.7 Å². The number of aromatic nitrogens is 4. The first-order valence-electron chi connectivity index (χ1n) is 14.5. The number of nitrogen functional groups attached to an aromatic ring is 1. The zero-order valence-corrected chi connectivity index (χ0v) is 25.5. The average molecular weight is 608 g/mol. The maximum absolute atomic E-state index is 14.3. The van der Waals surface area contributed by atoms with Gasteiger partial charge in [-0.2, -0.15) is 28.2 Å². The predicted molar refractivity (Wildman–Crippen MR) is 157 cm³/mol. The third-order valence-corrected chi connectivity index (χ3v) is 9.36. The first-order chi connectivity index (χ1) is 20.0. The van der Waals surface area contributed by atoms with E-state index in [1.54, 1.807) is 9.58 Å². The molecule has 0 aliphatic carbocycles.